The van der Waals surface area contributed by atoms with Crippen LogP contribution in [0.1, 0.15) is 47.3 Å². The Morgan fingerprint density at radius 1 is 1.15 bits per heavy atom. The molecule has 0 radical (unpaired) electrons. The van der Waals surface area contributed by atoms with E-state index in [1.165, 1.54) is 11.0 Å². The number of benzene rings is 2. The van der Waals surface area contributed by atoms with Gasteiger partial charge in [-0.25, -0.2) is 8.78 Å². The van der Waals surface area contributed by atoms with Crippen LogP contribution in [0.5, 0.6) is 0 Å². The Morgan fingerprint density at radius 2 is 1.85 bits per heavy atom. The number of carboxylic acids is 1. The fourth-order valence-electron chi connectivity index (χ4n) is 3.54. The quantitative estimate of drug-likeness (QED) is 0.898. The highest BCUT2D eigenvalue weighted by Gasteiger charge is 2.45. The van der Waals surface area contributed by atoms with Crippen LogP contribution in [0.15, 0.2) is 42.5 Å². The minimum atomic E-state index is -1.16. The highest BCUT2D eigenvalue weighted by molar-refractivity contribution is 6.00. The number of amides is 1. The summed E-state index contributed by atoms with van der Waals surface area (Å²) in [6.07, 6.45) is 0. The predicted octanol–water partition coefficient (Wildman–Crippen LogP) is 3.99. The van der Waals surface area contributed by atoms with E-state index in [4.69, 9.17) is 0 Å². The van der Waals surface area contributed by atoms with Crippen molar-refractivity contribution in [3.8, 4) is 0 Å². The van der Waals surface area contributed by atoms with Crippen molar-refractivity contribution in [2.45, 2.75) is 25.8 Å². The van der Waals surface area contributed by atoms with E-state index in [0.29, 0.717) is 17.2 Å². The Morgan fingerprint density at radius 3 is 2.46 bits per heavy atom. The first-order valence-corrected chi connectivity index (χ1v) is 8.39. The molecule has 0 bridgehead atoms. The van der Waals surface area contributed by atoms with Crippen molar-refractivity contribution in [3.63, 3.8) is 0 Å². The van der Waals surface area contributed by atoms with Gasteiger partial charge in [-0.05, 0) is 23.6 Å². The topological polar surface area (TPSA) is 57.6 Å². The molecule has 1 amide bonds. The Labute approximate surface area is 150 Å². The summed E-state index contributed by atoms with van der Waals surface area (Å²) in [4.78, 5) is 26.5. The summed E-state index contributed by atoms with van der Waals surface area (Å²) < 4.78 is 27.9. The molecule has 1 aliphatic heterocycles. The molecular weight excluding hydrogens is 340 g/mol. The van der Waals surface area contributed by atoms with Crippen LogP contribution >= 0.6 is 0 Å². The third-order valence-electron chi connectivity index (χ3n) is 4.55. The molecule has 2 atom stereocenters. The smallest absolute Gasteiger partial charge is 0.313 e. The Bertz CT molecular complexity index is 866. The van der Waals surface area contributed by atoms with E-state index in [1.54, 1.807) is 24.3 Å². The molecule has 0 aliphatic carbocycles. The molecule has 1 N–H and O–H groups in total. The molecule has 0 spiro atoms. The van der Waals surface area contributed by atoms with Crippen LogP contribution in [-0.4, -0.2) is 28.4 Å². The largest absolute Gasteiger partial charge is 0.481 e. The molecule has 1 aliphatic rings. The minimum Gasteiger partial charge on any atom is -0.481 e. The summed E-state index contributed by atoms with van der Waals surface area (Å²) in [7, 11) is 0. The van der Waals surface area contributed by atoms with Crippen LogP contribution in [0.2, 0.25) is 0 Å². The monoisotopic (exact) mass is 359 g/mol. The molecule has 0 saturated carbocycles. The maximum Gasteiger partial charge on any atom is 0.313 e. The summed E-state index contributed by atoms with van der Waals surface area (Å²) in [5, 5.41) is 9.87. The van der Waals surface area contributed by atoms with Gasteiger partial charge in [-0.3, -0.25) is 9.59 Å². The fourth-order valence-corrected chi connectivity index (χ4v) is 3.54. The zero-order valence-corrected chi connectivity index (χ0v) is 14.4. The Hall–Kier alpha value is -2.76. The molecule has 4 nitrogen and oxygen atoms in total. The van der Waals surface area contributed by atoms with Gasteiger partial charge in [0.25, 0.3) is 5.91 Å². The van der Waals surface area contributed by atoms with Crippen LogP contribution in [0.4, 0.5) is 8.78 Å². The van der Waals surface area contributed by atoms with Gasteiger partial charge in [0.05, 0.1) is 6.04 Å². The molecule has 2 aromatic rings. The average molecular weight is 359 g/mol. The normalized spacial score (nSPS) is 19.6. The molecule has 1 heterocycles. The highest BCUT2D eigenvalue weighted by atomic mass is 19.1. The van der Waals surface area contributed by atoms with E-state index in [0.717, 1.165) is 6.07 Å². The summed E-state index contributed by atoms with van der Waals surface area (Å²) in [6.45, 7) is 4.04. The average Bonchev–Trinajstić information content (AvgIpc) is 2.57. The lowest BCUT2D eigenvalue weighted by Gasteiger charge is -2.41. The number of rotatable bonds is 4. The van der Waals surface area contributed by atoms with Crippen LogP contribution in [0, 0.1) is 17.6 Å². The van der Waals surface area contributed by atoms with Crippen LogP contribution in [0.3, 0.4) is 0 Å². The van der Waals surface area contributed by atoms with Crippen molar-refractivity contribution >= 4 is 11.9 Å². The molecule has 2 aromatic carbocycles. The maximum atomic E-state index is 14.5. The van der Waals surface area contributed by atoms with Crippen molar-refractivity contribution in [1.82, 2.24) is 4.90 Å². The third kappa shape index (κ3) is 3.07. The van der Waals surface area contributed by atoms with E-state index in [9.17, 15) is 23.5 Å². The van der Waals surface area contributed by atoms with E-state index in [1.807, 2.05) is 13.8 Å². The molecule has 3 rings (SSSR count). The van der Waals surface area contributed by atoms with E-state index in [-0.39, 0.29) is 23.9 Å². The van der Waals surface area contributed by atoms with Crippen molar-refractivity contribution in [3.05, 3.63) is 70.8 Å². The van der Waals surface area contributed by atoms with Gasteiger partial charge in [0.15, 0.2) is 0 Å². The van der Waals surface area contributed by atoms with Gasteiger partial charge in [0.2, 0.25) is 0 Å². The van der Waals surface area contributed by atoms with E-state index >= 15 is 0 Å². The van der Waals surface area contributed by atoms with Crippen molar-refractivity contribution in [2.24, 2.45) is 5.92 Å². The Balaban J connectivity index is 2.24. The van der Waals surface area contributed by atoms with Crippen LogP contribution in [0.25, 0.3) is 0 Å². The van der Waals surface area contributed by atoms with Gasteiger partial charge in [-0.2, -0.15) is 0 Å². The number of carbonyl (C=O) groups is 2. The molecular formula is C20H19F2NO3. The second-order valence-corrected chi connectivity index (χ2v) is 6.87. The zero-order valence-electron chi connectivity index (χ0n) is 14.4. The number of hydrogen-bond acceptors (Lipinski definition) is 2. The molecule has 0 aromatic heterocycles. The lowest BCUT2D eigenvalue weighted by atomic mass is 9.79. The van der Waals surface area contributed by atoms with E-state index < -0.39 is 29.6 Å². The second-order valence-electron chi connectivity index (χ2n) is 6.87. The number of halogens is 2. The zero-order chi connectivity index (χ0) is 19.0. The summed E-state index contributed by atoms with van der Waals surface area (Å²) in [6, 6.07) is 8.45. The lowest BCUT2D eigenvalue weighted by Crippen LogP contribution is -2.46. The molecule has 26 heavy (non-hydrogen) atoms. The first kappa shape index (κ1) is 18.0. The molecule has 6 heteroatoms. The van der Waals surface area contributed by atoms with Crippen molar-refractivity contribution < 1.29 is 23.5 Å². The maximum absolute atomic E-state index is 14.5. The highest BCUT2D eigenvalue weighted by Crippen LogP contribution is 2.43. The third-order valence-corrected chi connectivity index (χ3v) is 4.55. The Kier molecular flexibility index (Phi) is 4.76. The van der Waals surface area contributed by atoms with Crippen molar-refractivity contribution in [2.75, 3.05) is 6.54 Å². The van der Waals surface area contributed by atoms with Gasteiger partial charge in [-0.15, -0.1) is 0 Å². The fraction of sp³-hybridized carbons (Fsp3) is 0.300. The first-order chi connectivity index (χ1) is 12.3. The lowest BCUT2D eigenvalue weighted by molar-refractivity contribution is -0.140. The van der Waals surface area contributed by atoms with Crippen LogP contribution < -0.4 is 0 Å². The summed E-state index contributed by atoms with van der Waals surface area (Å²) >= 11 is 0. The van der Waals surface area contributed by atoms with Gasteiger partial charge in [0, 0.05) is 23.7 Å². The standard InChI is InChI=1S/C20H19F2NO3/c1-11(2)10-23-18(15-8-7-12(21)9-16(15)22)17(20(25)26)13-5-3-4-6-14(13)19(23)24/h3-9,11,17-18H,10H2,1-2H3,(H,25,26). The van der Waals surface area contributed by atoms with Crippen LogP contribution in [-0.2, 0) is 4.79 Å². The molecule has 2 unspecified atom stereocenters. The summed E-state index contributed by atoms with van der Waals surface area (Å²) in [5.41, 5.74) is 0.653. The van der Waals surface area contributed by atoms with Gasteiger partial charge >= 0.3 is 5.97 Å². The van der Waals surface area contributed by atoms with Crippen molar-refractivity contribution in [1.29, 1.82) is 0 Å². The molecule has 136 valence electrons. The number of carboxylic acid groups (broad SMARTS) is 1. The number of fused-ring (bicyclic) bond motifs is 1. The molecule has 0 saturated heterocycles. The second kappa shape index (κ2) is 6.86. The van der Waals surface area contributed by atoms with E-state index in [2.05, 4.69) is 0 Å². The number of hydrogen-bond donors (Lipinski definition) is 1. The predicted molar refractivity (Wildman–Crippen MR) is 91.8 cm³/mol. The first-order valence-electron chi connectivity index (χ1n) is 8.39. The van der Waals surface area contributed by atoms with Gasteiger partial charge in [0.1, 0.15) is 17.6 Å². The SMILES string of the molecule is CC(C)CN1C(=O)c2ccccc2C(C(=O)O)C1c1ccc(F)cc1F. The summed E-state index contributed by atoms with van der Waals surface area (Å²) in [5.74, 6) is -4.21. The van der Waals surface area contributed by atoms with Gasteiger partial charge < -0.3 is 10.0 Å². The number of carbonyl (C=O) groups excluding carboxylic acids is 1. The minimum absolute atomic E-state index is 0.00213. The number of nitrogens with zero attached hydrogens (tertiary/aromatic N) is 1. The van der Waals surface area contributed by atoms with Gasteiger partial charge in [-0.1, -0.05) is 38.1 Å². The molecule has 0 fully saturated rings. The number of aliphatic carboxylic acids is 1.